The molecule has 1 saturated carbocycles. The lowest BCUT2D eigenvalue weighted by molar-refractivity contribution is 0.153. The van der Waals surface area contributed by atoms with Crippen LogP contribution < -0.4 is 10.6 Å². The van der Waals surface area contributed by atoms with Gasteiger partial charge in [-0.15, -0.1) is 0 Å². The first-order chi connectivity index (χ1) is 12.2. The molecule has 0 aliphatic heterocycles. The smallest absolute Gasteiger partial charge is 0.315 e. The van der Waals surface area contributed by atoms with Gasteiger partial charge in [0, 0.05) is 24.1 Å². The maximum Gasteiger partial charge on any atom is 0.315 e. The van der Waals surface area contributed by atoms with Crippen molar-refractivity contribution < 1.29 is 14.3 Å². The number of carbonyl (C=O) groups excluding carboxylic acids is 1. The third-order valence-corrected chi connectivity index (χ3v) is 4.76. The fourth-order valence-corrected chi connectivity index (χ4v) is 3.31. The number of aliphatic hydroxyl groups is 1. The number of oxazole rings is 1. The Kier molecular flexibility index (Phi) is 5.71. The van der Waals surface area contributed by atoms with E-state index in [0.29, 0.717) is 11.7 Å². The molecule has 25 heavy (non-hydrogen) atoms. The van der Waals surface area contributed by atoms with Crippen molar-refractivity contribution in [1.29, 1.82) is 0 Å². The molecule has 3 unspecified atom stereocenters. The second-order valence-electron chi connectivity index (χ2n) is 6.60. The highest BCUT2D eigenvalue weighted by atomic mass is 16.4. The fraction of sp³-hybridized carbons (Fsp3) is 0.474. The van der Waals surface area contributed by atoms with Gasteiger partial charge in [0.25, 0.3) is 0 Å². The van der Waals surface area contributed by atoms with Gasteiger partial charge in [0.1, 0.15) is 6.04 Å². The van der Waals surface area contributed by atoms with Crippen LogP contribution in [0, 0.1) is 5.92 Å². The number of benzene rings is 1. The fourth-order valence-electron chi connectivity index (χ4n) is 3.31. The van der Waals surface area contributed by atoms with E-state index in [1.807, 2.05) is 37.3 Å². The van der Waals surface area contributed by atoms with Crippen LogP contribution >= 0.6 is 0 Å². The highest BCUT2D eigenvalue weighted by molar-refractivity contribution is 5.74. The Morgan fingerprint density at radius 2 is 2.08 bits per heavy atom. The SMILES string of the molecule is CC(NC(=O)NC1CCCCC1CO)c1ncc(-c2ccccc2)o1. The molecule has 1 aliphatic carbocycles. The number of nitrogens with zero attached hydrogens (tertiary/aromatic N) is 1. The molecular weight excluding hydrogens is 318 g/mol. The van der Waals surface area contributed by atoms with E-state index >= 15 is 0 Å². The molecule has 3 N–H and O–H groups in total. The van der Waals surface area contributed by atoms with Gasteiger partial charge in [-0.25, -0.2) is 9.78 Å². The van der Waals surface area contributed by atoms with E-state index in [0.717, 1.165) is 31.2 Å². The van der Waals surface area contributed by atoms with Crippen molar-refractivity contribution in [3.8, 4) is 11.3 Å². The van der Waals surface area contributed by atoms with Crippen molar-refractivity contribution in [2.75, 3.05) is 6.61 Å². The van der Waals surface area contributed by atoms with Crippen LogP contribution in [0.25, 0.3) is 11.3 Å². The van der Waals surface area contributed by atoms with Gasteiger partial charge in [0.05, 0.1) is 6.20 Å². The van der Waals surface area contributed by atoms with E-state index in [4.69, 9.17) is 4.42 Å². The molecule has 1 heterocycles. The zero-order valence-corrected chi connectivity index (χ0v) is 14.4. The molecule has 0 spiro atoms. The molecule has 0 radical (unpaired) electrons. The summed E-state index contributed by atoms with van der Waals surface area (Å²) in [7, 11) is 0. The second-order valence-corrected chi connectivity index (χ2v) is 6.60. The van der Waals surface area contributed by atoms with Gasteiger partial charge in [0.15, 0.2) is 5.76 Å². The zero-order valence-electron chi connectivity index (χ0n) is 14.4. The molecule has 3 rings (SSSR count). The second kappa shape index (κ2) is 8.16. The number of hydrogen-bond acceptors (Lipinski definition) is 4. The molecule has 2 amide bonds. The van der Waals surface area contributed by atoms with Crippen LogP contribution in [0.15, 0.2) is 40.9 Å². The molecule has 6 nitrogen and oxygen atoms in total. The van der Waals surface area contributed by atoms with Gasteiger partial charge in [-0.3, -0.25) is 0 Å². The third kappa shape index (κ3) is 4.39. The van der Waals surface area contributed by atoms with E-state index < -0.39 is 0 Å². The van der Waals surface area contributed by atoms with Gasteiger partial charge >= 0.3 is 6.03 Å². The van der Waals surface area contributed by atoms with Gasteiger partial charge in [-0.05, 0) is 19.8 Å². The summed E-state index contributed by atoms with van der Waals surface area (Å²) in [5.41, 5.74) is 0.950. The van der Waals surface area contributed by atoms with Crippen LogP contribution in [-0.2, 0) is 0 Å². The minimum Gasteiger partial charge on any atom is -0.438 e. The summed E-state index contributed by atoms with van der Waals surface area (Å²) in [5, 5.41) is 15.3. The van der Waals surface area contributed by atoms with Crippen LogP contribution in [0.4, 0.5) is 4.79 Å². The molecular formula is C19H25N3O3. The maximum absolute atomic E-state index is 12.3. The number of aliphatic hydroxyl groups excluding tert-OH is 1. The molecule has 1 aromatic heterocycles. The number of urea groups is 1. The van der Waals surface area contributed by atoms with Crippen molar-refractivity contribution in [3.05, 3.63) is 42.4 Å². The number of rotatable bonds is 5. The van der Waals surface area contributed by atoms with E-state index in [1.165, 1.54) is 0 Å². The Morgan fingerprint density at radius 3 is 2.84 bits per heavy atom. The molecule has 3 atom stereocenters. The first kappa shape index (κ1) is 17.5. The summed E-state index contributed by atoms with van der Waals surface area (Å²) < 4.78 is 5.77. The normalized spacial score (nSPS) is 21.5. The Hall–Kier alpha value is -2.34. The van der Waals surface area contributed by atoms with Crippen LogP contribution in [0.3, 0.4) is 0 Å². The molecule has 134 valence electrons. The topological polar surface area (TPSA) is 87.4 Å². The maximum atomic E-state index is 12.3. The lowest BCUT2D eigenvalue weighted by Crippen LogP contribution is -2.48. The van der Waals surface area contributed by atoms with Gasteiger partial charge in [-0.1, -0.05) is 43.2 Å². The van der Waals surface area contributed by atoms with E-state index in [1.54, 1.807) is 6.20 Å². The van der Waals surface area contributed by atoms with Crippen LogP contribution in [0.1, 0.15) is 44.5 Å². The molecule has 1 aliphatic rings. The standard InChI is InChI=1S/C19H25N3O3/c1-13(18-20-11-17(25-18)14-7-3-2-4-8-14)21-19(24)22-16-10-6-5-9-15(16)12-23/h2-4,7-8,11,13,15-16,23H,5-6,9-10,12H2,1H3,(H2,21,22,24). The molecule has 1 fully saturated rings. The predicted molar refractivity (Wildman–Crippen MR) is 94.9 cm³/mol. The first-order valence-corrected chi connectivity index (χ1v) is 8.86. The van der Waals surface area contributed by atoms with Crippen molar-refractivity contribution in [2.24, 2.45) is 5.92 Å². The Balaban J connectivity index is 1.57. The van der Waals surface area contributed by atoms with E-state index in [2.05, 4.69) is 15.6 Å². The minimum atomic E-state index is -0.339. The first-order valence-electron chi connectivity index (χ1n) is 8.86. The average molecular weight is 343 g/mol. The number of aromatic nitrogens is 1. The summed E-state index contributed by atoms with van der Waals surface area (Å²) in [5.74, 6) is 1.29. The summed E-state index contributed by atoms with van der Waals surface area (Å²) in [4.78, 5) is 16.5. The van der Waals surface area contributed by atoms with Crippen molar-refractivity contribution in [3.63, 3.8) is 0 Å². The summed E-state index contributed by atoms with van der Waals surface area (Å²) in [6.45, 7) is 1.95. The third-order valence-electron chi connectivity index (χ3n) is 4.76. The Morgan fingerprint density at radius 1 is 1.32 bits per heavy atom. The van der Waals surface area contributed by atoms with Gasteiger partial charge in [0.2, 0.25) is 5.89 Å². The largest absolute Gasteiger partial charge is 0.438 e. The zero-order chi connectivity index (χ0) is 17.6. The summed E-state index contributed by atoms with van der Waals surface area (Å²) >= 11 is 0. The van der Waals surface area contributed by atoms with Crippen LogP contribution in [0.2, 0.25) is 0 Å². The van der Waals surface area contributed by atoms with Crippen molar-refractivity contribution >= 4 is 6.03 Å². The lowest BCUT2D eigenvalue weighted by atomic mass is 9.85. The predicted octanol–water partition coefficient (Wildman–Crippen LogP) is 3.25. The molecule has 2 aromatic rings. The summed E-state index contributed by atoms with van der Waals surface area (Å²) in [6.07, 6.45) is 5.72. The van der Waals surface area contributed by atoms with Crippen LogP contribution in [-0.4, -0.2) is 28.8 Å². The van der Waals surface area contributed by atoms with Crippen LogP contribution in [0.5, 0.6) is 0 Å². The monoisotopic (exact) mass is 343 g/mol. The van der Waals surface area contributed by atoms with Gasteiger partial charge in [-0.2, -0.15) is 0 Å². The Bertz CT molecular complexity index is 686. The number of carbonyl (C=O) groups is 1. The quantitative estimate of drug-likeness (QED) is 0.778. The molecule has 6 heteroatoms. The van der Waals surface area contributed by atoms with Gasteiger partial charge < -0.3 is 20.2 Å². The molecule has 1 aromatic carbocycles. The highest BCUT2D eigenvalue weighted by Gasteiger charge is 2.26. The lowest BCUT2D eigenvalue weighted by Gasteiger charge is -2.31. The van der Waals surface area contributed by atoms with E-state index in [9.17, 15) is 9.90 Å². The van der Waals surface area contributed by atoms with Crippen molar-refractivity contribution in [1.82, 2.24) is 15.6 Å². The Labute approximate surface area is 147 Å². The number of nitrogens with one attached hydrogen (secondary N) is 2. The summed E-state index contributed by atoms with van der Waals surface area (Å²) in [6, 6.07) is 9.16. The van der Waals surface area contributed by atoms with Crippen molar-refractivity contribution in [2.45, 2.75) is 44.7 Å². The molecule has 0 bridgehead atoms. The number of amides is 2. The van der Waals surface area contributed by atoms with E-state index in [-0.39, 0.29) is 30.6 Å². The highest BCUT2D eigenvalue weighted by Crippen LogP contribution is 2.25. The molecule has 0 saturated heterocycles. The number of hydrogen-bond donors (Lipinski definition) is 3. The average Bonchev–Trinajstić information content (AvgIpc) is 3.13. The minimum absolute atomic E-state index is 0.0235.